The summed E-state index contributed by atoms with van der Waals surface area (Å²) in [5, 5.41) is 4.26. The Morgan fingerprint density at radius 1 is 1.22 bits per heavy atom. The number of aromatic nitrogens is 1. The first kappa shape index (κ1) is 14.5. The molecule has 1 aromatic heterocycles. The average molecular weight is 246 g/mol. The first-order valence-corrected chi connectivity index (χ1v) is 6.41. The Balaban J connectivity index is 0.000000771. The fraction of sp³-hybridized carbons (Fsp3) is 0.400. The van der Waals surface area contributed by atoms with Gasteiger partial charge < -0.3 is 10.1 Å². The SMILES string of the molecule is CC.CNCCc1ccc2cc(OC)cnc2c1. The van der Waals surface area contributed by atoms with Crippen LogP contribution in [0.15, 0.2) is 30.5 Å². The van der Waals surface area contributed by atoms with Gasteiger partial charge in [-0.1, -0.05) is 26.0 Å². The molecule has 1 aromatic carbocycles. The summed E-state index contributed by atoms with van der Waals surface area (Å²) in [7, 11) is 3.62. The first-order chi connectivity index (χ1) is 8.83. The smallest absolute Gasteiger partial charge is 0.137 e. The molecule has 0 saturated carbocycles. The van der Waals surface area contributed by atoms with Crippen molar-refractivity contribution in [2.24, 2.45) is 0 Å². The van der Waals surface area contributed by atoms with Crippen molar-refractivity contribution in [1.82, 2.24) is 10.3 Å². The number of pyridine rings is 1. The van der Waals surface area contributed by atoms with E-state index in [4.69, 9.17) is 4.74 Å². The van der Waals surface area contributed by atoms with Crippen LogP contribution in [-0.2, 0) is 6.42 Å². The molecule has 0 atom stereocenters. The van der Waals surface area contributed by atoms with Gasteiger partial charge in [-0.15, -0.1) is 0 Å². The van der Waals surface area contributed by atoms with Gasteiger partial charge in [0.25, 0.3) is 0 Å². The molecule has 18 heavy (non-hydrogen) atoms. The van der Waals surface area contributed by atoms with E-state index >= 15 is 0 Å². The van der Waals surface area contributed by atoms with Crippen LogP contribution in [0.5, 0.6) is 5.75 Å². The van der Waals surface area contributed by atoms with Crippen LogP contribution >= 0.6 is 0 Å². The zero-order valence-corrected chi connectivity index (χ0v) is 11.7. The summed E-state index contributed by atoms with van der Waals surface area (Å²) >= 11 is 0. The molecule has 1 N–H and O–H groups in total. The van der Waals surface area contributed by atoms with Gasteiger partial charge in [0, 0.05) is 5.39 Å². The number of rotatable bonds is 4. The molecule has 1 heterocycles. The Morgan fingerprint density at radius 2 is 2.00 bits per heavy atom. The molecule has 0 fully saturated rings. The molecule has 0 radical (unpaired) electrons. The molecule has 3 heteroatoms. The van der Waals surface area contributed by atoms with Gasteiger partial charge in [-0.3, -0.25) is 4.98 Å². The minimum atomic E-state index is 0.801. The molecule has 0 saturated heterocycles. The number of ether oxygens (including phenoxy) is 1. The Kier molecular flexibility index (Phi) is 6.15. The number of methoxy groups -OCH3 is 1. The Labute approximate surface area is 109 Å². The van der Waals surface area contributed by atoms with Gasteiger partial charge in [0.05, 0.1) is 18.8 Å². The standard InChI is InChI=1S/C13H16N2O.C2H6/c1-14-6-5-10-3-4-11-8-12(16-2)9-15-13(11)7-10;1-2/h3-4,7-9,14H,5-6H2,1-2H3;1-2H3. The molecule has 2 aromatic rings. The predicted molar refractivity (Wildman–Crippen MR) is 77.3 cm³/mol. The third-order valence-corrected chi connectivity index (χ3v) is 2.62. The summed E-state index contributed by atoms with van der Waals surface area (Å²) in [4.78, 5) is 4.38. The molecular formula is C15H22N2O. The maximum Gasteiger partial charge on any atom is 0.137 e. The van der Waals surface area contributed by atoms with Crippen molar-refractivity contribution >= 4 is 10.9 Å². The van der Waals surface area contributed by atoms with E-state index < -0.39 is 0 Å². The number of likely N-dealkylation sites (N-methyl/N-ethyl adjacent to an activating group) is 1. The highest BCUT2D eigenvalue weighted by molar-refractivity contribution is 5.80. The molecule has 0 aliphatic heterocycles. The van der Waals surface area contributed by atoms with Gasteiger partial charge in [-0.05, 0) is 37.7 Å². The van der Waals surface area contributed by atoms with Crippen LogP contribution in [-0.4, -0.2) is 25.7 Å². The largest absolute Gasteiger partial charge is 0.495 e. The molecule has 0 unspecified atom stereocenters. The lowest BCUT2D eigenvalue weighted by molar-refractivity contribution is 0.414. The van der Waals surface area contributed by atoms with Crippen molar-refractivity contribution in [3.8, 4) is 5.75 Å². The number of hydrogen-bond donors (Lipinski definition) is 1. The van der Waals surface area contributed by atoms with E-state index in [0.29, 0.717) is 0 Å². The molecule has 98 valence electrons. The van der Waals surface area contributed by atoms with E-state index in [9.17, 15) is 0 Å². The van der Waals surface area contributed by atoms with Crippen LogP contribution in [0.2, 0.25) is 0 Å². The van der Waals surface area contributed by atoms with Crippen molar-refractivity contribution < 1.29 is 4.74 Å². The van der Waals surface area contributed by atoms with E-state index in [2.05, 4.69) is 28.5 Å². The van der Waals surface area contributed by atoms with Crippen LogP contribution in [0, 0.1) is 0 Å². The van der Waals surface area contributed by atoms with E-state index in [0.717, 1.165) is 29.6 Å². The summed E-state index contributed by atoms with van der Waals surface area (Å²) in [5.41, 5.74) is 2.33. The van der Waals surface area contributed by atoms with Crippen LogP contribution in [0.4, 0.5) is 0 Å². The van der Waals surface area contributed by atoms with Crippen LogP contribution < -0.4 is 10.1 Å². The summed E-state index contributed by atoms with van der Waals surface area (Å²) in [6, 6.07) is 8.37. The van der Waals surface area contributed by atoms with Gasteiger partial charge in [-0.25, -0.2) is 0 Å². The molecule has 0 amide bonds. The van der Waals surface area contributed by atoms with Gasteiger partial charge in [-0.2, -0.15) is 0 Å². The Bertz CT molecular complexity index is 483. The van der Waals surface area contributed by atoms with Gasteiger partial charge in [0.1, 0.15) is 5.75 Å². The number of nitrogens with zero attached hydrogens (tertiary/aromatic N) is 1. The van der Waals surface area contributed by atoms with Gasteiger partial charge in [0.2, 0.25) is 0 Å². The second-order valence-electron chi connectivity index (χ2n) is 3.76. The van der Waals surface area contributed by atoms with Gasteiger partial charge >= 0.3 is 0 Å². The maximum absolute atomic E-state index is 5.14. The lowest BCUT2D eigenvalue weighted by atomic mass is 10.1. The van der Waals surface area contributed by atoms with Crippen molar-refractivity contribution in [3.05, 3.63) is 36.0 Å². The molecular weight excluding hydrogens is 224 g/mol. The summed E-state index contributed by atoms with van der Waals surface area (Å²) in [5.74, 6) is 0.801. The fourth-order valence-corrected chi connectivity index (χ4v) is 1.68. The third kappa shape index (κ3) is 3.70. The second-order valence-corrected chi connectivity index (χ2v) is 3.76. The number of fused-ring (bicyclic) bond motifs is 1. The van der Waals surface area contributed by atoms with Crippen molar-refractivity contribution in [2.75, 3.05) is 20.7 Å². The molecule has 2 rings (SSSR count). The third-order valence-electron chi connectivity index (χ3n) is 2.62. The minimum Gasteiger partial charge on any atom is -0.495 e. The Hall–Kier alpha value is -1.61. The quantitative estimate of drug-likeness (QED) is 0.900. The van der Waals surface area contributed by atoms with E-state index in [1.807, 2.05) is 27.0 Å². The highest BCUT2D eigenvalue weighted by Crippen LogP contribution is 2.19. The molecule has 3 nitrogen and oxygen atoms in total. The Morgan fingerprint density at radius 3 is 2.67 bits per heavy atom. The lowest BCUT2D eigenvalue weighted by Gasteiger charge is -2.04. The van der Waals surface area contributed by atoms with Gasteiger partial charge in [0.15, 0.2) is 0 Å². The van der Waals surface area contributed by atoms with E-state index in [1.165, 1.54) is 5.56 Å². The molecule has 0 aliphatic carbocycles. The van der Waals surface area contributed by atoms with Crippen LogP contribution in [0.3, 0.4) is 0 Å². The minimum absolute atomic E-state index is 0.801. The maximum atomic E-state index is 5.14. The topological polar surface area (TPSA) is 34.1 Å². The normalized spacial score (nSPS) is 9.78. The zero-order valence-electron chi connectivity index (χ0n) is 11.7. The van der Waals surface area contributed by atoms with Crippen LogP contribution in [0.25, 0.3) is 10.9 Å². The summed E-state index contributed by atoms with van der Waals surface area (Å²) in [6.07, 6.45) is 2.78. The van der Waals surface area contributed by atoms with Crippen molar-refractivity contribution in [2.45, 2.75) is 20.3 Å². The molecule has 0 spiro atoms. The van der Waals surface area contributed by atoms with Crippen molar-refractivity contribution in [1.29, 1.82) is 0 Å². The first-order valence-electron chi connectivity index (χ1n) is 6.41. The van der Waals surface area contributed by atoms with Crippen LogP contribution in [0.1, 0.15) is 19.4 Å². The monoisotopic (exact) mass is 246 g/mol. The zero-order chi connectivity index (χ0) is 13.4. The predicted octanol–water partition coefficient (Wildman–Crippen LogP) is 3.03. The second kappa shape index (κ2) is 7.67. The highest BCUT2D eigenvalue weighted by Gasteiger charge is 1.99. The fourth-order valence-electron chi connectivity index (χ4n) is 1.68. The number of hydrogen-bond acceptors (Lipinski definition) is 3. The lowest BCUT2D eigenvalue weighted by Crippen LogP contribution is -2.10. The highest BCUT2D eigenvalue weighted by atomic mass is 16.5. The summed E-state index contributed by atoms with van der Waals surface area (Å²) in [6.45, 7) is 4.99. The average Bonchev–Trinajstić information content (AvgIpc) is 2.46. The number of nitrogens with one attached hydrogen (secondary N) is 1. The van der Waals surface area contributed by atoms with E-state index in [1.54, 1.807) is 13.3 Å². The number of benzene rings is 1. The van der Waals surface area contributed by atoms with E-state index in [-0.39, 0.29) is 0 Å². The van der Waals surface area contributed by atoms with Crippen molar-refractivity contribution in [3.63, 3.8) is 0 Å². The summed E-state index contributed by atoms with van der Waals surface area (Å²) < 4.78 is 5.14. The molecule has 0 aliphatic rings. The molecule has 0 bridgehead atoms.